The van der Waals surface area contributed by atoms with Crippen LogP contribution in [0.5, 0.6) is 0 Å². The van der Waals surface area contributed by atoms with Crippen LogP contribution in [0.15, 0.2) is 0 Å². The Morgan fingerprint density at radius 3 is 1.03 bits per heavy atom. The van der Waals surface area contributed by atoms with Gasteiger partial charge in [0.15, 0.2) is 0 Å². The van der Waals surface area contributed by atoms with Gasteiger partial charge in [-0.05, 0) is 12.8 Å². The average Bonchev–Trinajstić information content (AvgIpc) is 3.26. The van der Waals surface area contributed by atoms with Crippen molar-refractivity contribution in [3.05, 3.63) is 0 Å². The van der Waals surface area contributed by atoms with E-state index in [1.165, 1.54) is 238 Å². The molecule has 0 aromatic carbocycles. The fourth-order valence-electron chi connectivity index (χ4n) is 9.05. The number of aliphatic hydroxyl groups excluding tert-OH is 1. The number of amides is 1. The van der Waals surface area contributed by atoms with Crippen LogP contribution in [0.25, 0.3) is 0 Å². The number of phosphoric acid groups is 1. The van der Waals surface area contributed by atoms with Gasteiger partial charge in [-0.3, -0.25) is 13.8 Å². The van der Waals surface area contributed by atoms with Gasteiger partial charge in [-0.2, -0.15) is 0 Å². The van der Waals surface area contributed by atoms with E-state index >= 15 is 0 Å². The molecule has 0 aliphatic rings. The van der Waals surface area contributed by atoms with Crippen LogP contribution in [-0.4, -0.2) is 73.4 Å². The minimum atomic E-state index is -4.32. The van der Waals surface area contributed by atoms with E-state index in [1.807, 2.05) is 21.1 Å². The van der Waals surface area contributed by atoms with Crippen molar-refractivity contribution in [2.45, 2.75) is 315 Å². The molecule has 0 rings (SSSR count). The third-order valence-electron chi connectivity index (χ3n) is 13.6. The van der Waals surface area contributed by atoms with Crippen LogP contribution in [0, 0.1) is 0 Å². The Morgan fingerprint density at radius 2 is 0.738 bits per heavy atom. The van der Waals surface area contributed by atoms with Gasteiger partial charge in [0.1, 0.15) is 13.2 Å². The predicted octanol–water partition coefficient (Wildman–Crippen LogP) is 17.3. The topological polar surface area (TPSA) is 105 Å². The zero-order chi connectivity index (χ0) is 47.8. The Kier molecular flexibility index (Phi) is 48.1. The minimum Gasteiger partial charge on any atom is -0.391 e. The van der Waals surface area contributed by atoms with Gasteiger partial charge in [0.25, 0.3) is 0 Å². The van der Waals surface area contributed by atoms with Crippen LogP contribution in [0.3, 0.4) is 0 Å². The van der Waals surface area contributed by atoms with E-state index in [2.05, 4.69) is 19.2 Å². The molecule has 0 saturated carbocycles. The van der Waals surface area contributed by atoms with Gasteiger partial charge >= 0.3 is 7.82 Å². The Bertz CT molecular complexity index is 1030. The van der Waals surface area contributed by atoms with Crippen LogP contribution in [0.4, 0.5) is 0 Å². The summed E-state index contributed by atoms with van der Waals surface area (Å²) >= 11 is 0. The zero-order valence-electron chi connectivity index (χ0n) is 44.5. The highest BCUT2D eigenvalue weighted by Gasteiger charge is 2.28. The van der Waals surface area contributed by atoms with E-state index in [-0.39, 0.29) is 19.1 Å². The molecule has 0 fully saturated rings. The van der Waals surface area contributed by atoms with E-state index in [0.29, 0.717) is 23.9 Å². The summed E-state index contributed by atoms with van der Waals surface area (Å²) in [6.07, 6.45) is 57.3. The molecule has 390 valence electrons. The highest BCUT2D eigenvalue weighted by molar-refractivity contribution is 7.47. The third kappa shape index (κ3) is 51.2. The fraction of sp³-hybridized carbons (Fsp3) is 0.982. The van der Waals surface area contributed by atoms with Gasteiger partial charge in [0, 0.05) is 6.42 Å². The summed E-state index contributed by atoms with van der Waals surface area (Å²) < 4.78 is 23.8. The van der Waals surface area contributed by atoms with E-state index in [9.17, 15) is 19.4 Å². The lowest BCUT2D eigenvalue weighted by Crippen LogP contribution is -2.46. The van der Waals surface area contributed by atoms with Crippen LogP contribution in [0.1, 0.15) is 303 Å². The smallest absolute Gasteiger partial charge is 0.391 e. The number of phosphoric ester groups is 1. The van der Waals surface area contributed by atoms with Gasteiger partial charge in [0.2, 0.25) is 5.91 Å². The maximum absolute atomic E-state index is 13.0. The zero-order valence-corrected chi connectivity index (χ0v) is 45.4. The molecule has 0 aliphatic carbocycles. The number of likely N-dealkylation sites (N-methyl/N-ethyl adjacent to an activating group) is 1. The molecule has 3 unspecified atom stereocenters. The molecule has 0 bridgehead atoms. The first kappa shape index (κ1) is 64.5. The highest BCUT2D eigenvalue weighted by atomic mass is 31.2. The lowest BCUT2D eigenvalue weighted by Gasteiger charge is -2.26. The second-order valence-corrected chi connectivity index (χ2v) is 22.8. The highest BCUT2D eigenvalue weighted by Crippen LogP contribution is 2.43. The quantitative estimate of drug-likeness (QED) is 0.0319. The van der Waals surface area contributed by atoms with Gasteiger partial charge in [-0.25, -0.2) is 4.57 Å². The summed E-state index contributed by atoms with van der Waals surface area (Å²) in [5.41, 5.74) is 0. The van der Waals surface area contributed by atoms with E-state index in [1.54, 1.807) is 0 Å². The molecule has 0 radical (unpaired) electrons. The van der Waals surface area contributed by atoms with Gasteiger partial charge < -0.3 is 19.8 Å². The molecule has 1 amide bonds. The largest absolute Gasteiger partial charge is 0.472 e. The summed E-state index contributed by atoms with van der Waals surface area (Å²) in [5.74, 6) is -0.136. The molecule has 0 aromatic heterocycles. The van der Waals surface area contributed by atoms with Gasteiger partial charge in [-0.15, -0.1) is 0 Å². The van der Waals surface area contributed by atoms with Crippen molar-refractivity contribution >= 4 is 13.7 Å². The van der Waals surface area contributed by atoms with Crippen molar-refractivity contribution in [1.82, 2.24) is 5.32 Å². The van der Waals surface area contributed by atoms with Crippen LogP contribution in [0.2, 0.25) is 0 Å². The number of nitrogens with one attached hydrogen (secondary N) is 1. The normalized spacial score (nSPS) is 13.9. The Morgan fingerprint density at radius 1 is 0.462 bits per heavy atom. The molecule has 0 aromatic rings. The van der Waals surface area contributed by atoms with E-state index < -0.39 is 20.0 Å². The second kappa shape index (κ2) is 48.5. The molecule has 0 saturated heterocycles. The standard InChI is InChI=1S/C56H115N2O6P/c1-6-8-10-12-14-16-18-20-22-24-26-27-28-29-30-32-33-35-37-39-41-43-45-47-49-55(59)54(53-64-65(61,62)63-52-51-58(3,4)5)57-56(60)50-48-46-44-42-40-38-36-34-31-25-23-21-19-17-15-13-11-9-7-2/h54-55,59H,6-53H2,1-5H3,(H-,57,60,61,62)/p+1. The van der Waals surface area contributed by atoms with E-state index in [4.69, 9.17) is 9.05 Å². The molecule has 0 spiro atoms. The van der Waals surface area contributed by atoms with Crippen molar-refractivity contribution in [2.24, 2.45) is 0 Å². The lowest BCUT2D eigenvalue weighted by atomic mass is 10.0. The number of hydrogen-bond donors (Lipinski definition) is 3. The molecular weight excluding hydrogens is 828 g/mol. The van der Waals surface area contributed by atoms with Gasteiger partial charge in [0.05, 0.1) is 39.9 Å². The maximum Gasteiger partial charge on any atom is 0.472 e. The molecule has 8 nitrogen and oxygen atoms in total. The number of carbonyl (C=O) groups is 1. The Labute approximate surface area is 406 Å². The van der Waals surface area contributed by atoms with Crippen molar-refractivity contribution in [3.63, 3.8) is 0 Å². The van der Waals surface area contributed by atoms with Crippen molar-refractivity contribution < 1.29 is 32.9 Å². The van der Waals surface area contributed by atoms with Crippen molar-refractivity contribution in [2.75, 3.05) is 40.9 Å². The fourth-order valence-corrected chi connectivity index (χ4v) is 9.79. The number of rotatable bonds is 54. The van der Waals surface area contributed by atoms with Gasteiger partial charge in [-0.1, -0.05) is 284 Å². The predicted molar refractivity (Wildman–Crippen MR) is 282 cm³/mol. The van der Waals surface area contributed by atoms with E-state index in [0.717, 1.165) is 38.5 Å². The Hall–Kier alpha value is -0.500. The lowest BCUT2D eigenvalue weighted by molar-refractivity contribution is -0.870. The minimum absolute atomic E-state index is 0.0792. The van der Waals surface area contributed by atoms with Crippen LogP contribution < -0.4 is 5.32 Å². The molecule has 3 atom stereocenters. The summed E-state index contributed by atoms with van der Waals surface area (Å²) in [4.78, 5) is 23.3. The molecule has 65 heavy (non-hydrogen) atoms. The molecule has 0 heterocycles. The molecule has 0 aliphatic heterocycles. The Balaban J connectivity index is 4.12. The molecule has 3 N–H and O–H groups in total. The number of aliphatic hydroxyl groups is 1. The first-order valence-corrected chi connectivity index (χ1v) is 30.4. The molecular formula is C56H116N2O6P+. The second-order valence-electron chi connectivity index (χ2n) is 21.4. The summed E-state index contributed by atoms with van der Waals surface area (Å²) in [7, 11) is 1.64. The monoisotopic (exact) mass is 944 g/mol. The summed E-state index contributed by atoms with van der Waals surface area (Å²) in [6.45, 7) is 4.95. The molecule has 9 heteroatoms. The van der Waals surface area contributed by atoms with Crippen molar-refractivity contribution in [3.8, 4) is 0 Å². The number of unbranched alkanes of at least 4 members (excludes halogenated alkanes) is 41. The maximum atomic E-state index is 13.0. The summed E-state index contributed by atoms with van der Waals surface area (Å²) in [5, 5.41) is 14.1. The number of hydrogen-bond acceptors (Lipinski definition) is 5. The van der Waals surface area contributed by atoms with Crippen molar-refractivity contribution in [1.29, 1.82) is 0 Å². The number of carbonyl (C=O) groups excluding carboxylic acids is 1. The third-order valence-corrected chi connectivity index (χ3v) is 14.6. The number of nitrogens with zero attached hydrogens (tertiary/aromatic N) is 1. The summed E-state index contributed by atoms with van der Waals surface area (Å²) in [6, 6.07) is -0.755. The van der Waals surface area contributed by atoms with Crippen LogP contribution in [-0.2, 0) is 18.4 Å². The average molecular weight is 945 g/mol. The first-order valence-electron chi connectivity index (χ1n) is 28.9. The first-order chi connectivity index (χ1) is 31.5. The number of quaternary nitrogens is 1. The van der Waals surface area contributed by atoms with Crippen LogP contribution >= 0.6 is 7.82 Å². The SMILES string of the molecule is CCCCCCCCCCCCCCCCCCCCCCCCCCC(O)C(COP(=O)(O)OCC[N+](C)(C)C)NC(=O)CCCCCCCCCCCCCCCCCCCCC.